The molecule has 0 bridgehead atoms. The number of hydrogen-bond donors (Lipinski definition) is 2. The molecule has 0 amide bonds. The molecular formula is C6H13N3. The molecule has 0 aromatic carbocycles. The molecule has 4 N–H and O–H groups in total. The summed E-state index contributed by atoms with van der Waals surface area (Å²) in [5, 5.41) is 0. The van der Waals surface area contributed by atoms with Gasteiger partial charge in [-0.15, -0.1) is 0 Å². The molecule has 0 aliphatic carbocycles. The number of aliphatic imine (C=N–C) groups is 1. The van der Waals surface area contributed by atoms with Gasteiger partial charge in [-0.3, -0.25) is 4.99 Å². The van der Waals surface area contributed by atoms with Crippen molar-refractivity contribution in [1.82, 2.24) is 0 Å². The van der Waals surface area contributed by atoms with Crippen LogP contribution < -0.4 is 11.5 Å². The van der Waals surface area contributed by atoms with Crippen LogP contribution in [0.3, 0.4) is 0 Å². The lowest BCUT2D eigenvalue weighted by atomic mass is 10.2. The maximum Gasteiger partial charge on any atom is 0.0277 e. The number of hydrogen-bond acceptors (Lipinski definition) is 3. The van der Waals surface area contributed by atoms with Crippen LogP contribution in [0.25, 0.3) is 0 Å². The van der Waals surface area contributed by atoms with E-state index in [9.17, 15) is 0 Å². The molecule has 0 atom stereocenters. The van der Waals surface area contributed by atoms with Crippen molar-refractivity contribution < 1.29 is 0 Å². The Morgan fingerprint density at radius 2 is 2.22 bits per heavy atom. The molecule has 0 aromatic rings. The summed E-state index contributed by atoms with van der Waals surface area (Å²) < 4.78 is 0. The van der Waals surface area contributed by atoms with Crippen molar-refractivity contribution in [3.05, 3.63) is 11.3 Å². The molecule has 3 nitrogen and oxygen atoms in total. The Labute approximate surface area is 55.4 Å². The molecule has 3 heteroatoms. The van der Waals surface area contributed by atoms with E-state index >= 15 is 0 Å². The van der Waals surface area contributed by atoms with Gasteiger partial charge in [0.05, 0.1) is 0 Å². The third kappa shape index (κ3) is 2.87. The van der Waals surface area contributed by atoms with Gasteiger partial charge in [0.2, 0.25) is 0 Å². The van der Waals surface area contributed by atoms with Crippen molar-refractivity contribution in [2.45, 2.75) is 6.92 Å². The summed E-state index contributed by atoms with van der Waals surface area (Å²) in [5.74, 6) is 0. The Balaban J connectivity index is 4.16. The lowest BCUT2D eigenvalue weighted by molar-refractivity contribution is 1.14. The second kappa shape index (κ2) is 4.09. The fourth-order valence-corrected chi connectivity index (χ4v) is 0.471. The van der Waals surface area contributed by atoms with Crippen molar-refractivity contribution in [3.8, 4) is 0 Å². The van der Waals surface area contributed by atoms with E-state index in [1.54, 1.807) is 13.3 Å². The zero-order chi connectivity index (χ0) is 7.28. The minimum atomic E-state index is 0.458. The van der Waals surface area contributed by atoms with Gasteiger partial charge in [-0.1, -0.05) is 0 Å². The van der Waals surface area contributed by atoms with Gasteiger partial charge in [0, 0.05) is 31.1 Å². The van der Waals surface area contributed by atoms with Crippen LogP contribution in [0, 0.1) is 0 Å². The number of nitrogens with zero attached hydrogens (tertiary/aromatic N) is 1. The minimum Gasteiger partial charge on any atom is -0.402 e. The Hall–Kier alpha value is -0.830. The average molecular weight is 127 g/mol. The average Bonchev–Trinajstić information content (AvgIpc) is 1.82. The molecular weight excluding hydrogens is 114 g/mol. The standard InChI is InChI=1S/C6H13N3/c1-5(8)6(3-7)4-9-2/h4H,3,7-8H2,1-2H3/b6-5-,9-4?. The molecule has 0 unspecified atom stereocenters. The first-order valence-electron chi connectivity index (χ1n) is 2.79. The topological polar surface area (TPSA) is 64.4 Å². The molecule has 0 rings (SSSR count). The Morgan fingerprint density at radius 3 is 2.33 bits per heavy atom. The van der Waals surface area contributed by atoms with Crippen LogP contribution in [-0.4, -0.2) is 19.8 Å². The predicted molar refractivity (Wildman–Crippen MR) is 40.4 cm³/mol. The van der Waals surface area contributed by atoms with E-state index in [1.165, 1.54) is 0 Å². The zero-order valence-corrected chi connectivity index (χ0v) is 5.89. The van der Waals surface area contributed by atoms with Gasteiger partial charge >= 0.3 is 0 Å². The third-order valence-electron chi connectivity index (χ3n) is 1.01. The summed E-state index contributed by atoms with van der Waals surface area (Å²) in [7, 11) is 1.69. The molecule has 0 fully saturated rings. The largest absolute Gasteiger partial charge is 0.402 e. The van der Waals surface area contributed by atoms with Gasteiger partial charge in [0.15, 0.2) is 0 Å². The van der Waals surface area contributed by atoms with Crippen LogP contribution in [0.15, 0.2) is 16.3 Å². The summed E-state index contributed by atoms with van der Waals surface area (Å²) in [6.45, 7) is 2.27. The highest BCUT2D eigenvalue weighted by atomic mass is 14.7. The molecule has 0 aliphatic rings. The molecule has 0 saturated carbocycles. The predicted octanol–water partition coefficient (Wildman–Crippen LogP) is -0.122. The quantitative estimate of drug-likeness (QED) is 0.508. The highest BCUT2D eigenvalue weighted by molar-refractivity contribution is 5.79. The summed E-state index contributed by atoms with van der Waals surface area (Å²) in [4.78, 5) is 3.79. The van der Waals surface area contributed by atoms with Crippen LogP contribution in [0.2, 0.25) is 0 Å². The van der Waals surface area contributed by atoms with Gasteiger partial charge in [-0.05, 0) is 6.92 Å². The summed E-state index contributed by atoms with van der Waals surface area (Å²) in [6.07, 6.45) is 1.68. The van der Waals surface area contributed by atoms with E-state index in [-0.39, 0.29) is 0 Å². The first kappa shape index (κ1) is 8.17. The fraction of sp³-hybridized carbons (Fsp3) is 0.500. The highest BCUT2D eigenvalue weighted by Gasteiger charge is 1.89. The van der Waals surface area contributed by atoms with E-state index in [2.05, 4.69) is 4.99 Å². The Morgan fingerprint density at radius 1 is 1.67 bits per heavy atom. The van der Waals surface area contributed by atoms with Gasteiger partial charge in [0.25, 0.3) is 0 Å². The number of allylic oxidation sites excluding steroid dienone is 1. The van der Waals surface area contributed by atoms with E-state index < -0.39 is 0 Å². The van der Waals surface area contributed by atoms with E-state index in [4.69, 9.17) is 11.5 Å². The van der Waals surface area contributed by atoms with Crippen LogP contribution in [0.1, 0.15) is 6.92 Å². The van der Waals surface area contributed by atoms with Crippen LogP contribution >= 0.6 is 0 Å². The first-order valence-corrected chi connectivity index (χ1v) is 2.79. The molecule has 0 saturated heterocycles. The Kier molecular flexibility index (Phi) is 3.71. The van der Waals surface area contributed by atoms with Crippen LogP contribution in [-0.2, 0) is 0 Å². The SMILES string of the molecule is CN=C/C(CN)=C(/C)N. The Bertz CT molecular complexity index is 131. The molecule has 0 aromatic heterocycles. The van der Waals surface area contributed by atoms with Crippen LogP contribution in [0.4, 0.5) is 0 Å². The van der Waals surface area contributed by atoms with Gasteiger partial charge in [0.1, 0.15) is 0 Å². The number of rotatable bonds is 2. The zero-order valence-electron chi connectivity index (χ0n) is 5.89. The van der Waals surface area contributed by atoms with E-state index in [0.29, 0.717) is 6.54 Å². The molecule has 0 heterocycles. The van der Waals surface area contributed by atoms with Gasteiger partial charge < -0.3 is 11.5 Å². The summed E-state index contributed by atoms with van der Waals surface area (Å²) in [6, 6.07) is 0. The lowest BCUT2D eigenvalue weighted by Gasteiger charge is -1.97. The van der Waals surface area contributed by atoms with Crippen molar-refractivity contribution >= 4 is 6.21 Å². The summed E-state index contributed by atoms with van der Waals surface area (Å²) in [5.41, 5.74) is 12.4. The van der Waals surface area contributed by atoms with Crippen molar-refractivity contribution in [3.63, 3.8) is 0 Å². The first-order chi connectivity index (χ1) is 4.22. The molecule has 0 spiro atoms. The molecule has 52 valence electrons. The second-order valence-electron chi connectivity index (χ2n) is 1.80. The normalized spacial score (nSPS) is 14.1. The lowest BCUT2D eigenvalue weighted by Crippen LogP contribution is -2.10. The number of nitrogens with two attached hydrogens (primary N) is 2. The van der Waals surface area contributed by atoms with Gasteiger partial charge in [-0.2, -0.15) is 0 Å². The fourth-order valence-electron chi connectivity index (χ4n) is 0.471. The third-order valence-corrected chi connectivity index (χ3v) is 1.01. The minimum absolute atomic E-state index is 0.458. The molecule has 0 aliphatic heterocycles. The summed E-state index contributed by atoms with van der Waals surface area (Å²) >= 11 is 0. The van der Waals surface area contributed by atoms with Crippen molar-refractivity contribution in [2.75, 3.05) is 13.6 Å². The smallest absolute Gasteiger partial charge is 0.0277 e. The highest BCUT2D eigenvalue weighted by Crippen LogP contribution is 1.90. The molecule has 0 radical (unpaired) electrons. The maximum atomic E-state index is 5.44. The monoisotopic (exact) mass is 127 g/mol. The maximum absolute atomic E-state index is 5.44. The van der Waals surface area contributed by atoms with Gasteiger partial charge in [-0.25, -0.2) is 0 Å². The van der Waals surface area contributed by atoms with E-state index in [0.717, 1.165) is 11.3 Å². The molecule has 9 heavy (non-hydrogen) atoms. The van der Waals surface area contributed by atoms with E-state index in [1.807, 2.05) is 6.92 Å². The van der Waals surface area contributed by atoms with Crippen LogP contribution in [0.5, 0.6) is 0 Å². The second-order valence-corrected chi connectivity index (χ2v) is 1.80. The van der Waals surface area contributed by atoms with Crippen molar-refractivity contribution in [1.29, 1.82) is 0 Å². The van der Waals surface area contributed by atoms with Crippen molar-refractivity contribution in [2.24, 2.45) is 16.5 Å².